The number of phenols is 1. The fourth-order valence-corrected chi connectivity index (χ4v) is 4.06. The maximum absolute atomic E-state index is 12.6. The summed E-state index contributed by atoms with van der Waals surface area (Å²) in [6.45, 7) is 1.20. The van der Waals surface area contributed by atoms with Crippen molar-refractivity contribution in [3.63, 3.8) is 0 Å². The molecule has 1 saturated heterocycles. The number of nitrogens with zero attached hydrogens (tertiary/aromatic N) is 1. The van der Waals surface area contributed by atoms with E-state index in [-0.39, 0.29) is 31.5 Å². The first-order chi connectivity index (χ1) is 10.6. The molecule has 1 aliphatic rings. The molecule has 0 unspecified atom stereocenters. The van der Waals surface area contributed by atoms with Crippen LogP contribution in [0.5, 0.6) is 5.75 Å². The molecule has 0 amide bonds. The molecule has 0 spiro atoms. The highest BCUT2D eigenvalue weighted by molar-refractivity contribution is 7.89. The number of hydrogen-bond acceptors (Lipinski definition) is 4. The molecular formula is C14H15F2NO5S. The topological polar surface area (TPSA) is 94.9 Å². The van der Waals surface area contributed by atoms with Gasteiger partial charge in [0.15, 0.2) is 0 Å². The number of piperidine rings is 1. The van der Waals surface area contributed by atoms with Crippen LogP contribution < -0.4 is 0 Å². The first kappa shape index (κ1) is 17.4. The average Bonchev–Trinajstić information content (AvgIpc) is 2.48. The molecule has 2 N–H and O–H groups in total. The third-order valence-electron chi connectivity index (χ3n) is 3.66. The third-order valence-corrected chi connectivity index (χ3v) is 5.57. The van der Waals surface area contributed by atoms with E-state index in [1.807, 2.05) is 0 Å². The molecule has 0 saturated carbocycles. The highest BCUT2D eigenvalue weighted by atomic mass is 32.2. The summed E-state index contributed by atoms with van der Waals surface area (Å²) in [7, 11) is -4.17. The number of aromatic hydroxyl groups is 1. The Morgan fingerprint density at radius 3 is 2.26 bits per heavy atom. The van der Waals surface area contributed by atoms with Gasteiger partial charge in [0.05, 0.1) is 0 Å². The van der Waals surface area contributed by atoms with Crippen LogP contribution in [-0.2, 0) is 10.0 Å². The molecule has 6 nitrogen and oxygen atoms in total. The second-order valence-electron chi connectivity index (χ2n) is 5.23. The van der Waals surface area contributed by atoms with Gasteiger partial charge >= 0.3 is 5.97 Å². The van der Waals surface area contributed by atoms with Gasteiger partial charge in [-0.05, 0) is 43.0 Å². The fourth-order valence-electron chi connectivity index (χ4n) is 2.43. The lowest BCUT2D eigenvalue weighted by Gasteiger charge is -2.27. The lowest BCUT2D eigenvalue weighted by molar-refractivity contribution is 0.0693. The van der Waals surface area contributed by atoms with Gasteiger partial charge in [-0.1, -0.05) is 0 Å². The van der Waals surface area contributed by atoms with Crippen LogP contribution in [0.15, 0.2) is 28.7 Å². The summed E-state index contributed by atoms with van der Waals surface area (Å²) in [4.78, 5) is 10.6. The maximum atomic E-state index is 12.6. The number of rotatable bonds is 3. The number of halogens is 2. The smallest absolute Gasteiger partial charge is 0.339 e. The summed E-state index contributed by atoms with van der Waals surface area (Å²) in [6.07, 6.45) is -1.99. The van der Waals surface area contributed by atoms with Crippen LogP contribution in [-0.4, -0.2) is 42.0 Å². The Bertz CT molecular complexity index is 775. The largest absolute Gasteiger partial charge is 0.506 e. The van der Waals surface area contributed by atoms with Crippen LogP contribution in [0.4, 0.5) is 8.78 Å². The Labute approximate surface area is 131 Å². The quantitative estimate of drug-likeness (QED) is 0.875. The molecule has 1 fully saturated rings. The monoisotopic (exact) mass is 347 g/mol. The van der Waals surface area contributed by atoms with Crippen LogP contribution in [0, 0.1) is 6.92 Å². The van der Waals surface area contributed by atoms with E-state index in [2.05, 4.69) is 0 Å². The minimum atomic E-state index is -4.17. The van der Waals surface area contributed by atoms with Crippen molar-refractivity contribution in [2.75, 3.05) is 13.1 Å². The van der Waals surface area contributed by atoms with Crippen LogP contribution >= 0.6 is 0 Å². The van der Waals surface area contributed by atoms with Gasteiger partial charge in [-0.15, -0.1) is 0 Å². The average molecular weight is 347 g/mol. The van der Waals surface area contributed by atoms with Gasteiger partial charge in [-0.3, -0.25) is 0 Å². The number of carbonyl (C=O) groups is 1. The first-order valence-electron chi connectivity index (χ1n) is 6.74. The van der Waals surface area contributed by atoms with Gasteiger partial charge in [0.2, 0.25) is 10.0 Å². The molecule has 0 atom stereocenters. The molecule has 0 aliphatic carbocycles. The van der Waals surface area contributed by atoms with Crippen molar-refractivity contribution in [1.82, 2.24) is 4.31 Å². The van der Waals surface area contributed by atoms with E-state index >= 15 is 0 Å². The second-order valence-corrected chi connectivity index (χ2v) is 7.14. The van der Waals surface area contributed by atoms with E-state index < -0.39 is 38.3 Å². The van der Waals surface area contributed by atoms with Crippen LogP contribution in [0.1, 0.15) is 28.8 Å². The van der Waals surface area contributed by atoms with Gasteiger partial charge in [-0.2, -0.15) is 13.1 Å². The normalized spacial score (nSPS) is 16.4. The Morgan fingerprint density at radius 2 is 1.78 bits per heavy atom. The van der Waals surface area contributed by atoms with E-state index in [4.69, 9.17) is 5.11 Å². The second kappa shape index (κ2) is 6.25. The number of sulfonamides is 1. The molecular weight excluding hydrogens is 332 g/mol. The predicted octanol–water partition coefficient (Wildman–Crippen LogP) is 2.33. The van der Waals surface area contributed by atoms with Crippen molar-refractivity contribution < 1.29 is 32.2 Å². The summed E-state index contributed by atoms with van der Waals surface area (Å²) in [5.41, 5.74) is -0.252. The van der Waals surface area contributed by atoms with Crippen molar-refractivity contribution >= 4 is 16.0 Å². The van der Waals surface area contributed by atoms with Gasteiger partial charge in [0.25, 0.3) is 6.08 Å². The van der Waals surface area contributed by atoms with Gasteiger partial charge in [0, 0.05) is 13.1 Å². The Kier molecular flexibility index (Phi) is 4.71. The fraction of sp³-hybridized carbons (Fsp3) is 0.357. The highest BCUT2D eigenvalue weighted by Gasteiger charge is 2.32. The van der Waals surface area contributed by atoms with Crippen molar-refractivity contribution in [3.8, 4) is 5.75 Å². The molecule has 1 aliphatic heterocycles. The van der Waals surface area contributed by atoms with Gasteiger partial charge in [-0.25, -0.2) is 13.2 Å². The van der Waals surface area contributed by atoms with Crippen LogP contribution in [0.25, 0.3) is 0 Å². The van der Waals surface area contributed by atoms with Crippen molar-refractivity contribution in [2.24, 2.45) is 0 Å². The Morgan fingerprint density at radius 1 is 1.22 bits per heavy atom. The molecule has 0 radical (unpaired) electrons. The summed E-state index contributed by atoms with van der Waals surface area (Å²) in [6, 6.07) is 2.32. The Hall–Kier alpha value is -2.00. The number of carboxylic acids is 1. The summed E-state index contributed by atoms with van der Waals surface area (Å²) < 4.78 is 51.2. The predicted molar refractivity (Wildman–Crippen MR) is 77.0 cm³/mol. The molecule has 0 bridgehead atoms. The van der Waals surface area contributed by atoms with Crippen LogP contribution in [0.3, 0.4) is 0 Å². The van der Waals surface area contributed by atoms with E-state index in [0.29, 0.717) is 5.56 Å². The summed E-state index contributed by atoms with van der Waals surface area (Å²) in [5.74, 6) is -2.30. The number of benzene rings is 1. The summed E-state index contributed by atoms with van der Waals surface area (Å²) >= 11 is 0. The zero-order valence-corrected chi connectivity index (χ0v) is 13.0. The lowest BCUT2D eigenvalue weighted by Crippen LogP contribution is -2.36. The van der Waals surface area contributed by atoms with Gasteiger partial charge in [0.1, 0.15) is 16.2 Å². The molecule has 0 aromatic heterocycles. The standard InChI is InChI=1S/C14H15F2NO5S/c1-8-6-10(14(19)20)12(18)11(7-8)23(21,22)17-4-2-9(3-5-17)13(15)16/h6-7,18H,2-5H2,1H3,(H,19,20). The minimum absolute atomic E-state index is 0.0869. The Balaban J connectivity index is 2.42. The maximum Gasteiger partial charge on any atom is 0.339 e. The molecule has 126 valence electrons. The molecule has 1 heterocycles. The number of carboxylic acid groups (broad SMARTS) is 1. The SMILES string of the molecule is Cc1cc(C(=O)O)c(O)c(S(=O)(=O)N2CCC(=C(F)F)CC2)c1. The first-order valence-corrected chi connectivity index (χ1v) is 8.18. The molecule has 1 aromatic rings. The zero-order chi connectivity index (χ0) is 17.4. The lowest BCUT2D eigenvalue weighted by atomic mass is 10.1. The van der Waals surface area contributed by atoms with Crippen molar-refractivity contribution in [1.29, 1.82) is 0 Å². The summed E-state index contributed by atoms with van der Waals surface area (Å²) in [5, 5.41) is 19.0. The number of aryl methyl sites for hydroxylation is 1. The zero-order valence-electron chi connectivity index (χ0n) is 12.2. The van der Waals surface area contributed by atoms with Gasteiger partial charge < -0.3 is 10.2 Å². The molecule has 9 heteroatoms. The van der Waals surface area contributed by atoms with E-state index in [0.717, 1.165) is 16.4 Å². The third kappa shape index (κ3) is 3.35. The molecule has 2 rings (SSSR count). The highest BCUT2D eigenvalue weighted by Crippen LogP contribution is 2.33. The number of aromatic carboxylic acids is 1. The van der Waals surface area contributed by atoms with Crippen molar-refractivity contribution in [2.45, 2.75) is 24.7 Å². The minimum Gasteiger partial charge on any atom is -0.506 e. The molecule has 23 heavy (non-hydrogen) atoms. The number of hydrogen-bond donors (Lipinski definition) is 2. The molecule has 1 aromatic carbocycles. The van der Waals surface area contributed by atoms with E-state index in [1.54, 1.807) is 0 Å². The van der Waals surface area contributed by atoms with E-state index in [1.165, 1.54) is 6.92 Å². The van der Waals surface area contributed by atoms with Crippen molar-refractivity contribution in [3.05, 3.63) is 34.9 Å². The van der Waals surface area contributed by atoms with E-state index in [9.17, 15) is 27.1 Å². The van der Waals surface area contributed by atoms with Crippen LogP contribution in [0.2, 0.25) is 0 Å².